The van der Waals surface area contributed by atoms with E-state index >= 15 is 0 Å². The van der Waals surface area contributed by atoms with E-state index in [2.05, 4.69) is 9.97 Å². The Morgan fingerprint density at radius 1 is 1.32 bits per heavy atom. The highest BCUT2D eigenvalue weighted by molar-refractivity contribution is 7.89. The Morgan fingerprint density at radius 2 is 2.14 bits per heavy atom. The number of aromatic nitrogens is 3. The Kier molecular flexibility index (Phi) is 4.01. The fourth-order valence-corrected chi connectivity index (χ4v) is 4.34. The maximum Gasteiger partial charge on any atom is 0.262 e. The number of imidazole rings is 1. The number of sulfonamides is 1. The molecular formula is C15H20N4O2S. The highest BCUT2D eigenvalue weighted by Gasteiger charge is 2.32. The highest BCUT2D eigenvalue weighted by atomic mass is 32.2. The molecule has 1 aliphatic rings. The fourth-order valence-electron chi connectivity index (χ4n) is 2.85. The first-order valence-electron chi connectivity index (χ1n) is 7.38. The van der Waals surface area contributed by atoms with Gasteiger partial charge in [0.15, 0.2) is 5.03 Å². The first kappa shape index (κ1) is 15.2. The van der Waals surface area contributed by atoms with E-state index in [1.807, 2.05) is 25.1 Å². The van der Waals surface area contributed by atoms with Crippen molar-refractivity contribution in [2.45, 2.75) is 30.7 Å². The van der Waals surface area contributed by atoms with Crippen LogP contribution in [-0.2, 0) is 17.1 Å². The molecule has 3 rings (SSSR count). The predicted octanol–water partition coefficient (Wildman–Crippen LogP) is 1.69. The number of hydrogen-bond donors (Lipinski definition) is 0. The molecule has 1 fully saturated rings. The molecule has 0 bridgehead atoms. The topological polar surface area (TPSA) is 68.1 Å². The van der Waals surface area contributed by atoms with E-state index in [-0.39, 0.29) is 10.9 Å². The van der Waals surface area contributed by atoms with Gasteiger partial charge in [-0.3, -0.25) is 4.98 Å². The molecule has 2 aromatic rings. The molecule has 1 aliphatic heterocycles. The van der Waals surface area contributed by atoms with Crippen molar-refractivity contribution < 1.29 is 8.42 Å². The number of pyridine rings is 1. The summed E-state index contributed by atoms with van der Waals surface area (Å²) in [6, 6.07) is 5.91. The number of piperidine rings is 1. The largest absolute Gasteiger partial charge is 0.339 e. The molecule has 0 unspecified atom stereocenters. The van der Waals surface area contributed by atoms with Crippen LogP contribution in [0.5, 0.6) is 0 Å². The fraction of sp³-hybridized carbons (Fsp3) is 0.467. The molecule has 0 saturated carbocycles. The molecule has 0 N–H and O–H groups in total. The van der Waals surface area contributed by atoms with Crippen LogP contribution in [-0.4, -0.2) is 40.3 Å². The number of aryl methyl sites for hydroxylation is 2. The highest BCUT2D eigenvalue weighted by Crippen LogP contribution is 2.29. The van der Waals surface area contributed by atoms with Crippen molar-refractivity contribution >= 4 is 10.0 Å². The monoisotopic (exact) mass is 320 g/mol. The first-order chi connectivity index (χ1) is 10.5. The van der Waals surface area contributed by atoms with Gasteiger partial charge in [0.25, 0.3) is 10.0 Å². The normalized spacial score (nSPS) is 20.2. The minimum absolute atomic E-state index is 0.118. The van der Waals surface area contributed by atoms with E-state index in [9.17, 15) is 8.42 Å². The molecule has 7 heteroatoms. The summed E-state index contributed by atoms with van der Waals surface area (Å²) in [6.45, 7) is 2.96. The van der Waals surface area contributed by atoms with E-state index in [0.29, 0.717) is 13.1 Å². The average molecular weight is 320 g/mol. The van der Waals surface area contributed by atoms with Gasteiger partial charge < -0.3 is 4.57 Å². The molecule has 3 heterocycles. The number of hydrogen-bond acceptors (Lipinski definition) is 4. The van der Waals surface area contributed by atoms with Crippen molar-refractivity contribution in [3.63, 3.8) is 0 Å². The van der Waals surface area contributed by atoms with E-state index in [0.717, 1.165) is 24.2 Å². The predicted molar refractivity (Wildman–Crippen MR) is 82.9 cm³/mol. The van der Waals surface area contributed by atoms with E-state index in [1.165, 1.54) is 10.6 Å². The summed E-state index contributed by atoms with van der Waals surface area (Å²) in [4.78, 5) is 8.54. The summed E-state index contributed by atoms with van der Waals surface area (Å²) < 4.78 is 28.5. The molecule has 0 amide bonds. The van der Waals surface area contributed by atoms with Gasteiger partial charge in [-0.05, 0) is 31.9 Å². The number of nitrogens with zero attached hydrogens (tertiary/aromatic N) is 4. The third kappa shape index (κ3) is 2.91. The zero-order valence-electron chi connectivity index (χ0n) is 12.8. The Morgan fingerprint density at radius 3 is 2.82 bits per heavy atom. The van der Waals surface area contributed by atoms with Crippen LogP contribution in [0.4, 0.5) is 0 Å². The zero-order valence-corrected chi connectivity index (χ0v) is 13.6. The average Bonchev–Trinajstić information content (AvgIpc) is 2.95. The van der Waals surface area contributed by atoms with Crippen molar-refractivity contribution in [1.82, 2.24) is 18.8 Å². The van der Waals surface area contributed by atoms with Crippen LogP contribution in [0.15, 0.2) is 35.7 Å². The lowest BCUT2D eigenvalue weighted by Crippen LogP contribution is -2.39. The van der Waals surface area contributed by atoms with Gasteiger partial charge in [-0.25, -0.2) is 13.4 Å². The van der Waals surface area contributed by atoms with Crippen molar-refractivity contribution in [2.75, 3.05) is 13.1 Å². The molecule has 22 heavy (non-hydrogen) atoms. The van der Waals surface area contributed by atoms with Crippen molar-refractivity contribution in [1.29, 1.82) is 0 Å². The summed E-state index contributed by atoms with van der Waals surface area (Å²) in [7, 11) is -1.75. The van der Waals surface area contributed by atoms with Crippen LogP contribution in [0.3, 0.4) is 0 Å². The molecule has 1 saturated heterocycles. The smallest absolute Gasteiger partial charge is 0.262 e. The molecule has 6 nitrogen and oxygen atoms in total. The third-order valence-corrected chi connectivity index (χ3v) is 5.75. The Hall–Kier alpha value is -1.73. The van der Waals surface area contributed by atoms with Crippen LogP contribution in [0, 0.1) is 6.92 Å². The van der Waals surface area contributed by atoms with Gasteiger partial charge in [-0.15, -0.1) is 0 Å². The summed E-state index contributed by atoms with van der Waals surface area (Å²) in [6.07, 6.45) is 4.86. The van der Waals surface area contributed by atoms with Gasteiger partial charge >= 0.3 is 0 Å². The van der Waals surface area contributed by atoms with Crippen molar-refractivity contribution in [3.8, 4) is 0 Å². The lowest BCUT2D eigenvalue weighted by atomic mass is 9.95. The standard InChI is InChI=1S/C15H20N4O2S/c1-12-5-3-7-14(17-12)13-6-4-8-19(9-13)22(20,21)15-10-18(2)11-16-15/h3,5,7,10-11,13H,4,6,8-9H2,1-2H3/t13-/m0/s1. The molecule has 2 aromatic heterocycles. The van der Waals surface area contributed by atoms with E-state index in [1.54, 1.807) is 17.8 Å². The summed E-state index contributed by atoms with van der Waals surface area (Å²) in [5.74, 6) is 0.145. The van der Waals surface area contributed by atoms with Crippen molar-refractivity contribution in [3.05, 3.63) is 42.1 Å². The SMILES string of the molecule is Cc1cccc([C@H]2CCCN(S(=O)(=O)c3cn(C)cn3)C2)n1. The van der Waals surface area contributed by atoms with Gasteiger partial charge in [0.2, 0.25) is 0 Å². The zero-order chi connectivity index (χ0) is 15.7. The molecular weight excluding hydrogens is 300 g/mol. The maximum atomic E-state index is 12.7. The van der Waals surface area contributed by atoms with E-state index in [4.69, 9.17) is 0 Å². The van der Waals surface area contributed by atoms with Gasteiger partial charge in [0.1, 0.15) is 0 Å². The van der Waals surface area contributed by atoms with Crippen LogP contribution in [0.2, 0.25) is 0 Å². The van der Waals surface area contributed by atoms with Gasteiger partial charge in [-0.2, -0.15) is 4.31 Å². The lowest BCUT2D eigenvalue weighted by molar-refractivity contribution is 0.311. The molecule has 0 radical (unpaired) electrons. The van der Waals surface area contributed by atoms with E-state index < -0.39 is 10.0 Å². The number of rotatable bonds is 3. The minimum atomic E-state index is -3.52. The third-order valence-electron chi connectivity index (χ3n) is 4.00. The van der Waals surface area contributed by atoms with Gasteiger partial charge in [0, 0.05) is 43.6 Å². The first-order valence-corrected chi connectivity index (χ1v) is 8.82. The van der Waals surface area contributed by atoms with Crippen molar-refractivity contribution in [2.24, 2.45) is 7.05 Å². The minimum Gasteiger partial charge on any atom is -0.339 e. The molecule has 0 spiro atoms. The summed E-state index contributed by atoms with van der Waals surface area (Å²) in [5.41, 5.74) is 1.93. The second-order valence-corrected chi connectivity index (χ2v) is 7.67. The second-order valence-electron chi connectivity index (χ2n) is 5.78. The van der Waals surface area contributed by atoms with Crippen LogP contribution >= 0.6 is 0 Å². The molecule has 1 atom stereocenters. The lowest BCUT2D eigenvalue weighted by Gasteiger charge is -2.31. The van der Waals surface area contributed by atoms with Crippen LogP contribution in [0.1, 0.15) is 30.1 Å². The van der Waals surface area contributed by atoms with Crippen LogP contribution < -0.4 is 0 Å². The maximum absolute atomic E-state index is 12.7. The molecule has 0 aromatic carbocycles. The summed E-state index contributed by atoms with van der Waals surface area (Å²) in [5, 5.41) is 0.118. The molecule has 0 aliphatic carbocycles. The van der Waals surface area contributed by atoms with Crippen LogP contribution in [0.25, 0.3) is 0 Å². The second kappa shape index (κ2) is 5.81. The Bertz CT molecular complexity index is 769. The quantitative estimate of drug-likeness (QED) is 0.863. The summed E-state index contributed by atoms with van der Waals surface area (Å²) >= 11 is 0. The Balaban J connectivity index is 1.84. The molecule has 118 valence electrons. The van der Waals surface area contributed by atoms with Gasteiger partial charge in [-0.1, -0.05) is 6.07 Å². The van der Waals surface area contributed by atoms with Gasteiger partial charge in [0.05, 0.1) is 6.33 Å². The Labute approximate surface area is 130 Å².